The molecule has 0 aliphatic heterocycles. The Morgan fingerprint density at radius 2 is 2.05 bits per heavy atom. The smallest absolute Gasteiger partial charge is 0.331 e. The lowest BCUT2D eigenvalue weighted by Crippen LogP contribution is -2.49. The average molecular weight is 330 g/mol. The van der Waals surface area contributed by atoms with Gasteiger partial charge in [0.05, 0.1) is 19.4 Å². The van der Waals surface area contributed by atoms with E-state index < -0.39 is 5.54 Å². The highest BCUT2D eigenvalue weighted by Crippen LogP contribution is 2.34. The number of methoxy groups -OCH3 is 1. The molecule has 5 heteroatoms. The summed E-state index contributed by atoms with van der Waals surface area (Å²) < 4.78 is 11.4. The number of esters is 1. The lowest BCUT2D eigenvalue weighted by atomic mass is 10.0. The summed E-state index contributed by atoms with van der Waals surface area (Å²) in [5.74, 6) is 0.447. The molecule has 0 unspecified atom stereocenters. The first-order valence-electron chi connectivity index (χ1n) is 6.09. The normalized spacial score (nSPS) is 11.1. The molecule has 0 amide bonds. The first-order valence-corrected chi connectivity index (χ1v) is 6.88. The molecule has 0 spiro atoms. The second-order valence-electron chi connectivity index (χ2n) is 4.65. The van der Waals surface area contributed by atoms with E-state index in [0.717, 1.165) is 10.2 Å². The summed E-state index contributed by atoms with van der Waals surface area (Å²) in [6.45, 7) is 5.82. The number of benzene rings is 1. The number of nitrogens with zero attached hydrogens (tertiary/aromatic N) is 1. The monoisotopic (exact) mass is 329 g/mol. The van der Waals surface area contributed by atoms with Crippen LogP contribution in [0.25, 0.3) is 0 Å². The Hall–Kier alpha value is -1.23. The molecule has 4 nitrogen and oxygen atoms in total. The summed E-state index contributed by atoms with van der Waals surface area (Å²) in [7, 11) is 3.46. The van der Waals surface area contributed by atoms with Gasteiger partial charge in [0.25, 0.3) is 0 Å². The molecule has 0 N–H and O–H groups in total. The molecule has 0 aliphatic carbocycles. The summed E-state index contributed by atoms with van der Waals surface area (Å²) in [6.07, 6.45) is 0. The Kier molecular flexibility index (Phi) is 5.23. The number of likely N-dealkylation sites (N-methyl/N-ethyl adjacent to an activating group) is 1. The summed E-state index contributed by atoms with van der Waals surface area (Å²) in [5.41, 5.74) is 0.0549. The number of anilines is 1. The predicted molar refractivity (Wildman–Crippen MR) is 79.8 cm³/mol. The van der Waals surface area contributed by atoms with Crippen LogP contribution in [0.1, 0.15) is 20.8 Å². The Bertz CT molecular complexity index is 460. The molecule has 0 fully saturated rings. The fourth-order valence-electron chi connectivity index (χ4n) is 1.67. The number of carbonyl (C=O) groups is 1. The van der Waals surface area contributed by atoms with Crippen LogP contribution in [0, 0.1) is 0 Å². The van der Waals surface area contributed by atoms with Gasteiger partial charge in [0, 0.05) is 11.5 Å². The van der Waals surface area contributed by atoms with E-state index in [1.165, 1.54) is 0 Å². The molecule has 1 rings (SSSR count). The van der Waals surface area contributed by atoms with Gasteiger partial charge in [-0.3, -0.25) is 0 Å². The minimum absolute atomic E-state index is 0.264. The van der Waals surface area contributed by atoms with Crippen molar-refractivity contribution in [1.29, 1.82) is 0 Å². The second-order valence-corrected chi connectivity index (χ2v) is 5.57. The number of hydrogen-bond donors (Lipinski definition) is 0. The van der Waals surface area contributed by atoms with Crippen molar-refractivity contribution < 1.29 is 14.3 Å². The Morgan fingerprint density at radius 1 is 1.42 bits per heavy atom. The van der Waals surface area contributed by atoms with Crippen molar-refractivity contribution in [2.75, 3.05) is 25.7 Å². The highest BCUT2D eigenvalue weighted by Gasteiger charge is 2.35. The summed E-state index contributed by atoms with van der Waals surface area (Å²) >= 11 is 3.43. The fraction of sp³-hybridized carbons (Fsp3) is 0.500. The van der Waals surface area contributed by atoms with Crippen LogP contribution in [-0.2, 0) is 9.53 Å². The van der Waals surface area contributed by atoms with E-state index in [2.05, 4.69) is 15.9 Å². The van der Waals surface area contributed by atoms with Crippen LogP contribution >= 0.6 is 15.9 Å². The molecular weight excluding hydrogens is 310 g/mol. The molecule has 0 aliphatic rings. The lowest BCUT2D eigenvalue weighted by Gasteiger charge is -2.35. The molecular formula is C14H20BrNO3. The van der Waals surface area contributed by atoms with E-state index in [1.807, 2.05) is 44.0 Å². The Morgan fingerprint density at radius 3 is 2.58 bits per heavy atom. The highest BCUT2D eigenvalue weighted by molar-refractivity contribution is 9.10. The molecule has 106 valence electrons. The zero-order chi connectivity index (χ0) is 14.6. The largest absolute Gasteiger partial charge is 0.495 e. The van der Waals surface area contributed by atoms with Crippen molar-refractivity contribution >= 4 is 27.6 Å². The maximum Gasteiger partial charge on any atom is 0.331 e. The third kappa shape index (κ3) is 3.41. The molecule has 19 heavy (non-hydrogen) atoms. The van der Waals surface area contributed by atoms with Gasteiger partial charge in [0.2, 0.25) is 0 Å². The molecule has 0 heterocycles. The van der Waals surface area contributed by atoms with Crippen LogP contribution in [0.15, 0.2) is 22.7 Å². The van der Waals surface area contributed by atoms with E-state index >= 15 is 0 Å². The molecule has 0 radical (unpaired) electrons. The number of hydrogen-bond acceptors (Lipinski definition) is 4. The number of halogens is 1. The topological polar surface area (TPSA) is 38.8 Å². The Labute approximate surface area is 122 Å². The quantitative estimate of drug-likeness (QED) is 0.777. The maximum absolute atomic E-state index is 12.0. The third-order valence-electron chi connectivity index (χ3n) is 3.12. The van der Waals surface area contributed by atoms with Gasteiger partial charge < -0.3 is 14.4 Å². The third-order valence-corrected chi connectivity index (χ3v) is 3.61. The van der Waals surface area contributed by atoms with Crippen LogP contribution in [-0.4, -0.2) is 32.3 Å². The van der Waals surface area contributed by atoms with Crippen molar-refractivity contribution in [2.45, 2.75) is 26.3 Å². The van der Waals surface area contributed by atoms with Crippen molar-refractivity contribution in [3.8, 4) is 5.75 Å². The van der Waals surface area contributed by atoms with Gasteiger partial charge in [0.15, 0.2) is 0 Å². The lowest BCUT2D eigenvalue weighted by molar-refractivity contribution is -0.148. The molecule has 0 saturated carbocycles. The maximum atomic E-state index is 12.0. The molecule has 0 aromatic heterocycles. The van der Waals surface area contributed by atoms with E-state index in [0.29, 0.717) is 12.4 Å². The Balaban J connectivity index is 3.14. The van der Waals surface area contributed by atoms with Gasteiger partial charge in [-0.05, 0) is 39.0 Å². The molecule has 1 aromatic rings. The van der Waals surface area contributed by atoms with E-state index in [4.69, 9.17) is 9.47 Å². The van der Waals surface area contributed by atoms with Crippen LogP contribution < -0.4 is 9.64 Å². The molecule has 0 atom stereocenters. The SMILES string of the molecule is CCOC(=O)C(C)(C)N(C)c1cc(Br)ccc1OC. The summed E-state index contributed by atoms with van der Waals surface area (Å²) in [6, 6.07) is 5.67. The zero-order valence-electron chi connectivity index (χ0n) is 12.0. The van der Waals surface area contributed by atoms with Crippen LogP contribution in [0.5, 0.6) is 5.75 Å². The van der Waals surface area contributed by atoms with E-state index in [9.17, 15) is 4.79 Å². The summed E-state index contributed by atoms with van der Waals surface area (Å²) in [4.78, 5) is 13.9. The first-order chi connectivity index (χ1) is 8.84. The van der Waals surface area contributed by atoms with Gasteiger partial charge in [-0.1, -0.05) is 15.9 Å². The van der Waals surface area contributed by atoms with Crippen LogP contribution in [0.4, 0.5) is 5.69 Å². The van der Waals surface area contributed by atoms with Crippen molar-refractivity contribution in [3.63, 3.8) is 0 Å². The van der Waals surface area contributed by atoms with Gasteiger partial charge in [-0.25, -0.2) is 4.79 Å². The standard InChI is InChI=1S/C14H20BrNO3/c1-6-19-13(17)14(2,3)16(4)11-9-10(15)7-8-12(11)18-5/h7-9H,6H2,1-5H3. The summed E-state index contributed by atoms with van der Waals surface area (Å²) in [5, 5.41) is 0. The van der Waals surface area contributed by atoms with Crippen molar-refractivity contribution in [2.24, 2.45) is 0 Å². The molecule has 0 saturated heterocycles. The number of carbonyl (C=O) groups excluding carboxylic acids is 1. The van der Waals surface area contributed by atoms with E-state index in [-0.39, 0.29) is 5.97 Å². The van der Waals surface area contributed by atoms with Gasteiger partial charge in [-0.2, -0.15) is 0 Å². The van der Waals surface area contributed by atoms with Crippen LogP contribution in [0.3, 0.4) is 0 Å². The van der Waals surface area contributed by atoms with Gasteiger partial charge >= 0.3 is 5.97 Å². The molecule has 0 bridgehead atoms. The average Bonchev–Trinajstić information content (AvgIpc) is 2.38. The van der Waals surface area contributed by atoms with Crippen molar-refractivity contribution in [3.05, 3.63) is 22.7 Å². The minimum Gasteiger partial charge on any atom is -0.495 e. The number of rotatable bonds is 5. The fourth-order valence-corrected chi connectivity index (χ4v) is 2.02. The zero-order valence-corrected chi connectivity index (χ0v) is 13.6. The van der Waals surface area contributed by atoms with E-state index in [1.54, 1.807) is 14.0 Å². The van der Waals surface area contributed by atoms with Gasteiger partial charge in [-0.15, -0.1) is 0 Å². The highest BCUT2D eigenvalue weighted by atomic mass is 79.9. The van der Waals surface area contributed by atoms with Gasteiger partial charge in [0.1, 0.15) is 11.3 Å². The van der Waals surface area contributed by atoms with Crippen LogP contribution in [0.2, 0.25) is 0 Å². The first kappa shape index (κ1) is 15.8. The molecule has 1 aromatic carbocycles. The minimum atomic E-state index is -0.774. The second kappa shape index (κ2) is 6.28. The number of ether oxygens (including phenoxy) is 2. The predicted octanol–water partition coefficient (Wildman–Crippen LogP) is 3.24. The van der Waals surface area contributed by atoms with Crippen molar-refractivity contribution in [1.82, 2.24) is 0 Å².